The number of allylic oxidation sites excluding steroid dienone is 8. The van der Waals surface area contributed by atoms with Crippen LogP contribution in [0.3, 0.4) is 0 Å². The smallest absolute Gasteiger partial charge is 0.143 e. The maximum atomic E-state index is 7.73. The van der Waals surface area contributed by atoms with Gasteiger partial charge in [0.1, 0.15) is 11.2 Å². The van der Waals surface area contributed by atoms with Crippen LogP contribution in [-0.2, 0) is 25.7 Å². The molecule has 0 saturated heterocycles. The highest BCUT2D eigenvalue weighted by atomic mass is 16.3. The van der Waals surface area contributed by atoms with Gasteiger partial charge in [-0.3, -0.25) is 0 Å². The molecule has 4 N–H and O–H groups in total. The minimum absolute atomic E-state index is 0.814. The Labute approximate surface area is 499 Å². The third kappa shape index (κ3) is 8.45. The number of aryl methyl sites for hydroxylation is 8. The summed E-state index contributed by atoms with van der Waals surface area (Å²) in [4.78, 5) is 38.3. The van der Waals surface area contributed by atoms with Crippen molar-refractivity contribution in [2.24, 2.45) is 0 Å². The van der Waals surface area contributed by atoms with Crippen LogP contribution in [0.4, 0.5) is 0 Å². The van der Waals surface area contributed by atoms with Gasteiger partial charge in [0.15, 0.2) is 0 Å². The molecular formula is C76H80N8O. The lowest BCUT2D eigenvalue weighted by molar-refractivity contribution is 0.671. The van der Waals surface area contributed by atoms with Gasteiger partial charge in [0.25, 0.3) is 0 Å². The predicted molar refractivity (Wildman–Crippen MR) is 361 cm³/mol. The highest BCUT2D eigenvalue weighted by Crippen LogP contribution is 2.49. The summed E-state index contributed by atoms with van der Waals surface area (Å²) in [5.74, 6) is 0. The molecule has 13 rings (SSSR count). The van der Waals surface area contributed by atoms with Crippen LogP contribution in [-0.4, -0.2) is 39.9 Å². The van der Waals surface area contributed by atoms with Gasteiger partial charge >= 0.3 is 0 Å². The summed E-state index contributed by atoms with van der Waals surface area (Å²) in [6.07, 6.45) is 6.92. The van der Waals surface area contributed by atoms with Gasteiger partial charge in [-0.05, 0) is 232 Å². The lowest BCUT2D eigenvalue weighted by atomic mass is 9.93. The normalized spacial score (nSPS) is 13.8. The van der Waals surface area contributed by atoms with Crippen LogP contribution < -0.4 is 0 Å². The van der Waals surface area contributed by atoms with Crippen molar-refractivity contribution in [1.82, 2.24) is 39.9 Å². The zero-order valence-corrected chi connectivity index (χ0v) is 52.8. The monoisotopic (exact) mass is 1120 g/mol. The summed E-state index contributed by atoms with van der Waals surface area (Å²) in [6, 6.07) is 27.1. The van der Waals surface area contributed by atoms with Gasteiger partial charge in [0, 0.05) is 66.1 Å². The van der Waals surface area contributed by atoms with Gasteiger partial charge in [-0.1, -0.05) is 91.8 Å². The molecule has 0 saturated carbocycles. The molecule has 0 atom stereocenters. The summed E-state index contributed by atoms with van der Waals surface area (Å²) >= 11 is 0. The fraction of sp³-hybridized carbons (Fsp3) is 0.316. The first-order valence-corrected chi connectivity index (χ1v) is 31.4. The first-order valence-electron chi connectivity index (χ1n) is 31.4. The number of para-hydroxylation sites is 2. The van der Waals surface area contributed by atoms with E-state index < -0.39 is 0 Å². The van der Waals surface area contributed by atoms with E-state index in [1.165, 1.54) is 89.1 Å². The molecule has 0 radical (unpaired) electrons. The summed E-state index contributed by atoms with van der Waals surface area (Å²) in [5.41, 5.74) is 42.0. The molecule has 0 fully saturated rings. The molecule has 11 heterocycles. The minimum Gasteiger partial charge on any atom is -0.455 e. The van der Waals surface area contributed by atoms with Gasteiger partial charge in [-0.15, -0.1) is 0 Å². The number of benzene rings is 2. The van der Waals surface area contributed by atoms with Gasteiger partial charge in [0.2, 0.25) is 0 Å². The Morgan fingerprint density at radius 2 is 0.647 bits per heavy atom. The van der Waals surface area contributed by atoms with Crippen molar-refractivity contribution in [3.8, 4) is 22.3 Å². The fourth-order valence-corrected chi connectivity index (χ4v) is 15.1. The molecule has 7 aromatic heterocycles. The maximum absolute atomic E-state index is 7.73. The molecule has 85 heavy (non-hydrogen) atoms. The molecule has 0 unspecified atom stereocenters. The van der Waals surface area contributed by atoms with E-state index >= 15 is 0 Å². The molecule has 0 amide bonds. The van der Waals surface area contributed by atoms with E-state index in [0.29, 0.717) is 0 Å². The van der Waals surface area contributed by atoms with Crippen molar-refractivity contribution in [3.05, 3.63) is 163 Å². The third-order valence-electron chi connectivity index (χ3n) is 19.8. The molecular weight excluding hydrogens is 1040 g/mol. The van der Waals surface area contributed by atoms with Crippen LogP contribution in [0.5, 0.6) is 0 Å². The minimum atomic E-state index is 0.814. The number of H-pyrrole nitrogens is 4. The van der Waals surface area contributed by atoms with Gasteiger partial charge < -0.3 is 24.4 Å². The Hall–Kier alpha value is -8.56. The number of rotatable bonds is 10. The molecule has 9 heteroatoms. The van der Waals surface area contributed by atoms with Crippen molar-refractivity contribution in [3.63, 3.8) is 0 Å². The molecule has 430 valence electrons. The van der Waals surface area contributed by atoms with E-state index in [1.54, 1.807) is 0 Å². The first kappa shape index (κ1) is 55.6. The van der Waals surface area contributed by atoms with Crippen LogP contribution >= 0.6 is 0 Å². The average molecular weight is 1120 g/mol. The highest BCUT2D eigenvalue weighted by molar-refractivity contribution is 6.17. The van der Waals surface area contributed by atoms with Gasteiger partial charge in [0.05, 0.1) is 56.6 Å². The molecule has 2 aromatic carbocycles. The first-order chi connectivity index (χ1) is 41.1. The Bertz CT molecular complexity index is 4580. The van der Waals surface area contributed by atoms with Crippen LogP contribution in [0.25, 0.3) is 133 Å². The number of hydrogen-bond donors (Lipinski definition) is 4. The molecule has 9 nitrogen and oxygen atoms in total. The second-order valence-corrected chi connectivity index (χ2v) is 23.9. The third-order valence-corrected chi connectivity index (χ3v) is 19.8. The van der Waals surface area contributed by atoms with Gasteiger partial charge in [-0.2, -0.15) is 0 Å². The molecule has 0 spiro atoms. The van der Waals surface area contributed by atoms with Crippen molar-refractivity contribution >= 4 is 111 Å². The van der Waals surface area contributed by atoms with E-state index in [-0.39, 0.29) is 0 Å². The lowest BCUT2D eigenvalue weighted by Crippen LogP contribution is -1.90. The fourth-order valence-electron chi connectivity index (χ4n) is 15.1. The number of nitrogens with zero attached hydrogens (tertiary/aromatic N) is 4. The van der Waals surface area contributed by atoms with E-state index in [9.17, 15) is 0 Å². The zero-order valence-electron chi connectivity index (χ0n) is 52.8. The molecule has 4 aliphatic heterocycles. The van der Waals surface area contributed by atoms with Gasteiger partial charge in [-0.25, -0.2) is 19.9 Å². The number of aromatic amines is 4. The van der Waals surface area contributed by atoms with Crippen molar-refractivity contribution in [2.45, 2.75) is 162 Å². The Kier molecular flexibility index (Phi) is 13.9. The standard InChI is InChI=1S/C76H80N8O/c1-17-45-37(9)57-31-65-49(21-5)41(13)71(81-65)69(72-42(14)50(22-6)66(82-72)32-58-38(10)46(18-2)62(78-58)35-61(45)77-57)55-29-25-27-53-54-28-26-30-56(76(54)85-75(53)55)70-73-43(15)51(23-7)67(83-73)33-59-39(11)47(19-3)63(79-59)36-64-48(20-4)40(12)60(80-64)34-68-52(24-8)44(16)74(70)84-68/h25-36,77,79,82,84H,17-24H2,1-16H3. The predicted octanol–water partition coefficient (Wildman–Crippen LogP) is 21.0. The Morgan fingerprint density at radius 3 is 1.01 bits per heavy atom. The van der Waals surface area contributed by atoms with E-state index in [2.05, 4.69) is 204 Å². The Morgan fingerprint density at radius 1 is 0.329 bits per heavy atom. The van der Waals surface area contributed by atoms with Crippen molar-refractivity contribution in [1.29, 1.82) is 0 Å². The Balaban J connectivity index is 1.17. The molecule has 0 aliphatic carbocycles. The van der Waals surface area contributed by atoms with E-state index in [1.807, 2.05) is 0 Å². The van der Waals surface area contributed by atoms with E-state index in [0.717, 1.165) is 185 Å². The SMILES string of the molecule is CCC1=C(C)c2cc3[nH]c(c(C)c3CC)c(-c3cccc4c3oc3c(-c5c6nc(cc7[nH]c(cc8nc(cc9[nH]c5c(C)c9CC)C(C)=C8CC)c(CC)c7C)C(CC)=C6C)cccc34)c3nc(cc4[nH]c(cc1n2)c(CC)c4C)C(CC)=C3C. The number of aromatic nitrogens is 8. The average Bonchev–Trinajstić information content (AvgIpc) is 2.67. The second kappa shape index (κ2) is 21.2. The highest BCUT2D eigenvalue weighted by Gasteiger charge is 2.29. The summed E-state index contributed by atoms with van der Waals surface area (Å²) in [6.45, 7) is 36.1. The number of hydrogen-bond acceptors (Lipinski definition) is 5. The quantitative estimate of drug-likeness (QED) is 0.108. The number of nitrogens with one attached hydrogen (secondary N) is 4. The van der Waals surface area contributed by atoms with Crippen LogP contribution in [0.2, 0.25) is 0 Å². The molecule has 16 bridgehead atoms. The number of fused-ring (bicyclic) bond motifs is 19. The molecule has 4 aliphatic rings. The zero-order chi connectivity index (χ0) is 59.6. The summed E-state index contributed by atoms with van der Waals surface area (Å²) in [5, 5.41) is 2.08. The topological polar surface area (TPSA) is 128 Å². The van der Waals surface area contributed by atoms with Crippen molar-refractivity contribution < 1.29 is 4.42 Å². The molecule has 9 aromatic rings. The largest absolute Gasteiger partial charge is 0.455 e. The van der Waals surface area contributed by atoms with Crippen LogP contribution in [0, 0.1) is 27.7 Å². The van der Waals surface area contributed by atoms with Crippen molar-refractivity contribution in [2.75, 3.05) is 0 Å². The maximum Gasteiger partial charge on any atom is 0.143 e. The number of furan rings is 1. The second-order valence-electron chi connectivity index (χ2n) is 23.9. The summed E-state index contributed by atoms with van der Waals surface area (Å²) in [7, 11) is 0. The summed E-state index contributed by atoms with van der Waals surface area (Å²) < 4.78 is 7.73. The van der Waals surface area contributed by atoms with Crippen LogP contribution in [0.1, 0.15) is 199 Å². The van der Waals surface area contributed by atoms with E-state index in [4.69, 9.17) is 24.4 Å². The lowest BCUT2D eigenvalue weighted by Gasteiger charge is -2.09. The van der Waals surface area contributed by atoms with Crippen LogP contribution in [0.15, 0.2) is 77.2 Å².